The summed E-state index contributed by atoms with van der Waals surface area (Å²) >= 11 is 0. The zero-order chi connectivity index (χ0) is 34.6. The van der Waals surface area contributed by atoms with Crippen molar-refractivity contribution in [1.82, 2.24) is 0 Å². The summed E-state index contributed by atoms with van der Waals surface area (Å²) in [7, 11) is 0. The maximum absolute atomic E-state index is 6.60. The van der Waals surface area contributed by atoms with E-state index < -0.39 is 0 Å². The van der Waals surface area contributed by atoms with Crippen molar-refractivity contribution in [2.45, 2.75) is 19.3 Å². The first-order chi connectivity index (χ1) is 25.5. The highest BCUT2D eigenvalue weighted by atomic mass is 16.3. The van der Waals surface area contributed by atoms with Crippen molar-refractivity contribution in [1.29, 1.82) is 0 Å². The molecule has 0 bridgehead atoms. The first-order valence-corrected chi connectivity index (χ1v) is 18.2. The van der Waals surface area contributed by atoms with Crippen molar-refractivity contribution in [2.24, 2.45) is 0 Å². The van der Waals surface area contributed by atoms with Crippen LogP contribution in [0.3, 0.4) is 0 Å². The molecule has 1 heterocycles. The van der Waals surface area contributed by atoms with Crippen LogP contribution in [-0.2, 0) is 5.41 Å². The molecule has 0 spiro atoms. The van der Waals surface area contributed by atoms with Gasteiger partial charge in [0.1, 0.15) is 11.2 Å². The fourth-order valence-corrected chi connectivity index (χ4v) is 9.21. The van der Waals surface area contributed by atoms with Gasteiger partial charge in [-0.15, -0.1) is 0 Å². The molecule has 1 aliphatic carbocycles. The van der Waals surface area contributed by atoms with Gasteiger partial charge >= 0.3 is 0 Å². The summed E-state index contributed by atoms with van der Waals surface area (Å²) in [5.74, 6) is 0. The second kappa shape index (κ2) is 10.8. The summed E-state index contributed by atoms with van der Waals surface area (Å²) in [5, 5.41) is 9.93. The summed E-state index contributed by atoms with van der Waals surface area (Å²) in [4.78, 5) is 0. The van der Waals surface area contributed by atoms with E-state index in [-0.39, 0.29) is 5.41 Å². The standard InChI is InChI=1S/C51H34O/c1-51(2)45-27-24-36(30-44(45)42-25-26-43-37-16-9-10-21-46(37)52-50(43)49(42)51)48-40-19-7-5-17-38(40)47(39-18-6-8-20-41(39)48)35-15-11-14-33(29-35)34-23-22-31-12-3-4-13-32(31)28-34/h3-30H,1-2H3. The van der Waals surface area contributed by atoms with Gasteiger partial charge in [-0.25, -0.2) is 0 Å². The summed E-state index contributed by atoms with van der Waals surface area (Å²) in [6.07, 6.45) is 0. The Balaban J connectivity index is 1.12. The van der Waals surface area contributed by atoms with Crippen molar-refractivity contribution >= 4 is 54.3 Å². The van der Waals surface area contributed by atoms with E-state index in [9.17, 15) is 0 Å². The fraction of sp³-hybridized carbons (Fsp3) is 0.0588. The third-order valence-corrected chi connectivity index (χ3v) is 11.6. The minimum absolute atomic E-state index is 0.194. The van der Waals surface area contributed by atoms with Crippen LogP contribution in [0.1, 0.15) is 25.0 Å². The molecule has 1 aliphatic rings. The van der Waals surface area contributed by atoms with Crippen molar-refractivity contribution in [3.8, 4) is 44.5 Å². The smallest absolute Gasteiger partial charge is 0.140 e. The van der Waals surface area contributed by atoms with Crippen LogP contribution in [0.4, 0.5) is 0 Å². The summed E-state index contributed by atoms with van der Waals surface area (Å²) in [5.41, 5.74) is 14.4. The van der Waals surface area contributed by atoms with E-state index in [0.29, 0.717) is 0 Å². The lowest BCUT2D eigenvalue weighted by atomic mass is 9.81. The molecule has 0 saturated heterocycles. The number of fused-ring (bicyclic) bond motifs is 10. The van der Waals surface area contributed by atoms with Crippen LogP contribution < -0.4 is 0 Å². The average Bonchev–Trinajstić information content (AvgIpc) is 3.68. The molecular weight excluding hydrogens is 629 g/mol. The van der Waals surface area contributed by atoms with Crippen molar-refractivity contribution < 1.29 is 4.42 Å². The maximum Gasteiger partial charge on any atom is 0.140 e. The van der Waals surface area contributed by atoms with Gasteiger partial charge in [0.25, 0.3) is 0 Å². The van der Waals surface area contributed by atoms with E-state index in [2.05, 4.69) is 184 Å². The van der Waals surface area contributed by atoms with Crippen LogP contribution in [0, 0.1) is 0 Å². The van der Waals surface area contributed by atoms with Crippen molar-refractivity contribution in [3.05, 3.63) is 181 Å². The monoisotopic (exact) mass is 662 g/mol. The van der Waals surface area contributed by atoms with Crippen LogP contribution in [0.5, 0.6) is 0 Å². The number of hydrogen-bond donors (Lipinski definition) is 0. The van der Waals surface area contributed by atoms with Crippen LogP contribution >= 0.6 is 0 Å². The van der Waals surface area contributed by atoms with E-state index >= 15 is 0 Å². The van der Waals surface area contributed by atoms with Gasteiger partial charge in [-0.3, -0.25) is 0 Å². The molecule has 0 fully saturated rings. The summed E-state index contributed by atoms with van der Waals surface area (Å²) in [6, 6.07) is 62.5. The highest BCUT2D eigenvalue weighted by Crippen LogP contribution is 2.54. The lowest BCUT2D eigenvalue weighted by Crippen LogP contribution is -2.15. The lowest BCUT2D eigenvalue weighted by molar-refractivity contribution is 0.620. The lowest BCUT2D eigenvalue weighted by Gasteiger charge is -2.22. The van der Waals surface area contributed by atoms with E-state index in [1.165, 1.54) is 98.7 Å². The van der Waals surface area contributed by atoms with Gasteiger partial charge in [0.05, 0.1) is 0 Å². The zero-order valence-corrected chi connectivity index (χ0v) is 29.1. The normalized spacial score (nSPS) is 13.3. The Labute approximate surface area is 302 Å². The van der Waals surface area contributed by atoms with Crippen LogP contribution in [0.2, 0.25) is 0 Å². The van der Waals surface area contributed by atoms with Gasteiger partial charge in [-0.1, -0.05) is 153 Å². The molecule has 0 radical (unpaired) electrons. The van der Waals surface area contributed by atoms with Gasteiger partial charge in [0.15, 0.2) is 0 Å². The number of para-hydroxylation sites is 1. The highest BCUT2D eigenvalue weighted by molar-refractivity contribution is 6.22. The molecule has 1 heteroatoms. The second-order valence-corrected chi connectivity index (χ2v) is 14.8. The number of benzene rings is 9. The maximum atomic E-state index is 6.60. The number of hydrogen-bond acceptors (Lipinski definition) is 1. The minimum atomic E-state index is -0.194. The number of furan rings is 1. The van der Waals surface area contributed by atoms with Gasteiger partial charge in [0, 0.05) is 21.8 Å². The third kappa shape index (κ3) is 4.11. The Hall–Kier alpha value is -6.44. The number of rotatable bonds is 3. The molecule has 1 nitrogen and oxygen atoms in total. The Bertz CT molecular complexity index is 3040. The van der Waals surface area contributed by atoms with Crippen LogP contribution in [0.15, 0.2) is 174 Å². The SMILES string of the molecule is CC1(C)c2ccc(-c3c4ccccc4c(-c4cccc(-c5ccc6ccccc6c5)c4)c4ccccc34)cc2-c2ccc3c(oc4ccccc43)c21. The molecule has 52 heavy (non-hydrogen) atoms. The molecule has 9 aromatic carbocycles. The summed E-state index contributed by atoms with van der Waals surface area (Å²) < 4.78 is 6.60. The Morgan fingerprint density at radius 3 is 1.69 bits per heavy atom. The largest absolute Gasteiger partial charge is 0.456 e. The summed E-state index contributed by atoms with van der Waals surface area (Å²) in [6.45, 7) is 4.69. The van der Waals surface area contributed by atoms with E-state index in [1.807, 2.05) is 0 Å². The molecule has 244 valence electrons. The van der Waals surface area contributed by atoms with Crippen molar-refractivity contribution in [2.75, 3.05) is 0 Å². The molecular formula is C51H34O. The Morgan fingerprint density at radius 2 is 0.962 bits per heavy atom. The first kappa shape index (κ1) is 29.3. The van der Waals surface area contributed by atoms with Gasteiger partial charge in [0.2, 0.25) is 0 Å². The van der Waals surface area contributed by atoms with Crippen LogP contribution in [0.25, 0.3) is 98.8 Å². The van der Waals surface area contributed by atoms with Gasteiger partial charge in [-0.2, -0.15) is 0 Å². The predicted octanol–water partition coefficient (Wildman–Crippen LogP) is 14.4. The Kier molecular flexibility index (Phi) is 6.08. The molecule has 0 saturated carbocycles. The third-order valence-electron chi connectivity index (χ3n) is 11.6. The molecule has 0 N–H and O–H groups in total. The van der Waals surface area contributed by atoms with Crippen LogP contribution in [-0.4, -0.2) is 0 Å². The van der Waals surface area contributed by atoms with Gasteiger partial charge in [-0.05, 0) is 113 Å². The quantitative estimate of drug-likeness (QED) is 0.172. The fourth-order valence-electron chi connectivity index (χ4n) is 9.21. The molecule has 10 aromatic rings. The topological polar surface area (TPSA) is 13.1 Å². The molecule has 11 rings (SSSR count). The highest BCUT2D eigenvalue weighted by Gasteiger charge is 2.39. The second-order valence-electron chi connectivity index (χ2n) is 14.8. The Morgan fingerprint density at radius 1 is 0.385 bits per heavy atom. The predicted molar refractivity (Wildman–Crippen MR) is 220 cm³/mol. The molecule has 0 atom stereocenters. The van der Waals surface area contributed by atoms with E-state index in [0.717, 1.165) is 11.2 Å². The van der Waals surface area contributed by atoms with Gasteiger partial charge < -0.3 is 4.42 Å². The molecule has 0 amide bonds. The molecule has 1 aromatic heterocycles. The minimum Gasteiger partial charge on any atom is -0.456 e. The van der Waals surface area contributed by atoms with Crippen molar-refractivity contribution in [3.63, 3.8) is 0 Å². The zero-order valence-electron chi connectivity index (χ0n) is 29.1. The molecule has 0 unspecified atom stereocenters. The average molecular weight is 663 g/mol. The first-order valence-electron chi connectivity index (χ1n) is 18.2. The van der Waals surface area contributed by atoms with E-state index in [1.54, 1.807) is 0 Å². The molecule has 0 aliphatic heterocycles. The van der Waals surface area contributed by atoms with E-state index in [4.69, 9.17) is 4.42 Å².